The van der Waals surface area contributed by atoms with E-state index in [4.69, 9.17) is 24.9 Å². The average Bonchev–Trinajstić information content (AvgIpc) is 1.87. The molecule has 0 unspecified atom stereocenters. The average molecular weight is 251 g/mol. The molecule has 0 aromatic heterocycles. The van der Waals surface area contributed by atoms with Crippen LogP contribution in [0.25, 0.3) is 0 Å². The summed E-state index contributed by atoms with van der Waals surface area (Å²) in [6.45, 7) is 0.0417. The van der Waals surface area contributed by atoms with Crippen LogP contribution in [0.2, 0.25) is 0 Å². The van der Waals surface area contributed by atoms with Gasteiger partial charge in [-0.2, -0.15) is 0 Å². The van der Waals surface area contributed by atoms with Crippen LogP contribution in [-0.4, -0.2) is 46.8 Å². The Bertz CT molecular complexity index is 187. The Hall–Kier alpha value is 1.37. The Morgan fingerprint density at radius 3 is 1.27 bits per heavy atom. The van der Waals surface area contributed by atoms with Gasteiger partial charge in [-0.15, -0.1) is 0 Å². The number of carboxylic acid groups (broad SMARTS) is 3. The summed E-state index contributed by atoms with van der Waals surface area (Å²) in [5.74, 6) is -4.47. The van der Waals surface area contributed by atoms with E-state index < -0.39 is 17.9 Å². The number of aliphatic carboxylic acids is 3. The van der Waals surface area contributed by atoms with E-state index in [0.29, 0.717) is 0 Å². The molecule has 0 saturated carbocycles. The molecule has 0 saturated heterocycles. The molecule has 0 aliphatic carbocycles. The third-order valence-electron chi connectivity index (χ3n) is 0.511. The predicted octanol–water partition coefficient (Wildman–Crippen LogP) is -10.2. The van der Waals surface area contributed by atoms with Crippen molar-refractivity contribution in [2.24, 2.45) is 0 Å². The second-order valence-corrected chi connectivity index (χ2v) is 1.53. The van der Waals surface area contributed by atoms with Crippen LogP contribution in [0, 0.1) is 0 Å². The zero-order chi connectivity index (χ0) is 10.1. The van der Waals surface area contributed by atoms with Crippen molar-refractivity contribution in [1.29, 1.82) is 0 Å². The van der Waals surface area contributed by atoms with Gasteiger partial charge in [0.1, 0.15) is 0 Å². The SMILES string of the molecule is CNCC(=O)O.O=C(O)C(=O)O.[H-].[H-].[H-].[Na+].[Na+].[Na+]. The van der Waals surface area contributed by atoms with Crippen molar-refractivity contribution >= 4 is 17.9 Å². The number of rotatable bonds is 2. The number of nitrogens with one attached hydrogen (secondary N) is 1. The molecule has 0 aliphatic rings. The van der Waals surface area contributed by atoms with E-state index in [9.17, 15) is 4.79 Å². The molecule has 0 heterocycles. The third kappa shape index (κ3) is 39.2. The maximum atomic E-state index is 9.54. The number of carboxylic acids is 3. The molecule has 0 bridgehead atoms. The van der Waals surface area contributed by atoms with Gasteiger partial charge in [-0.3, -0.25) is 4.79 Å². The Morgan fingerprint density at radius 1 is 1.00 bits per heavy atom. The fourth-order valence-electron chi connectivity index (χ4n) is 0.151. The second kappa shape index (κ2) is 20.7. The van der Waals surface area contributed by atoms with Crippen LogP contribution >= 0.6 is 0 Å². The van der Waals surface area contributed by atoms with E-state index in [0.717, 1.165) is 0 Å². The first kappa shape index (κ1) is 29.9. The molecule has 7 nitrogen and oxygen atoms in total. The molecule has 76 valence electrons. The van der Waals surface area contributed by atoms with Gasteiger partial charge in [-0.05, 0) is 7.05 Å². The summed E-state index contributed by atoms with van der Waals surface area (Å²) in [5.41, 5.74) is 0. The standard InChI is InChI=1S/C3H7NO2.C2H2O4.3Na.3H/c1-4-2-3(5)6;3-1(4)2(5)6;;;;;;/h4H,2H2,1H3,(H,5,6);(H,3,4)(H,5,6);;;;;;/q;;3*+1;3*-1. The maximum absolute atomic E-state index is 9.54. The van der Waals surface area contributed by atoms with E-state index in [1.807, 2.05) is 0 Å². The second-order valence-electron chi connectivity index (χ2n) is 1.53. The van der Waals surface area contributed by atoms with Crippen LogP contribution in [0.15, 0.2) is 0 Å². The Morgan fingerprint density at radius 2 is 1.27 bits per heavy atom. The minimum Gasteiger partial charge on any atom is -1.00 e. The molecule has 0 aliphatic heterocycles. The van der Waals surface area contributed by atoms with Gasteiger partial charge in [-0.1, -0.05) is 0 Å². The first-order chi connectivity index (χ1) is 5.41. The summed E-state index contributed by atoms with van der Waals surface area (Å²) in [7, 11) is 1.59. The molecule has 0 fully saturated rings. The fourth-order valence-corrected chi connectivity index (χ4v) is 0.151. The Kier molecular flexibility index (Phi) is 41.4. The van der Waals surface area contributed by atoms with Gasteiger partial charge in [0.15, 0.2) is 0 Å². The van der Waals surface area contributed by atoms with Crippen molar-refractivity contribution in [2.75, 3.05) is 13.6 Å². The van der Waals surface area contributed by atoms with Crippen molar-refractivity contribution in [3.63, 3.8) is 0 Å². The first-order valence-corrected chi connectivity index (χ1v) is 2.74. The molecule has 4 N–H and O–H groups in total. The van der Waals surface area contributed by atoms with Gasteiger partial charge < -0.3 is 24.9 Å². The summed E-state index contributed by atoms with van der Waals surface area (Å²) in [6.07, 6.45) is 0. The molecular weight excluding hydrogens is 239 g/mol. The van der Waals surface area contributed by atoms with Crippen LogP contribution in [0.4, 0.5) is 0 Å². The first-order valence-electron chi connectivity index (χ1n) is 2.74. The van der Waals surface area contributed by atoms with Crippen molar-refractivity contribution in [3.8, 4) is 0 Å². The van der Waals surface area contributed by atoms with E-state index in [1.165, 1.54) is 0 Å². The molecule has 0 aromatic rings. The van der Waals surface area contributed by atoms with E-state index in [-0.39, 0.29) is 99.5 Å². The van der Waals surface area contributed by atoms with E-state index in [1.54, 1.807) is 7.05 Å². The van der Waals surface area contributed by atoms with E-state index >= 15 is 0 Å². The molecular formula is C5H12NNa3O6. The summed E-state index contributed by atoms with van der Waals surface area (Å²) in [6, 6.07) is 0. The molecule has 0 amide bonds. The largest absolute Gasteiger partial charge is 1.00 e. The van der Waals surface area contributed by atoms with Crippen molar-refractivity contribution < 1.29 is 123 Å². The number of likely N-dealkylation sites (N-methyl/N-ethyl adjacent to an activating group) is 1. The number of hydrogen-bond donors (Lipinski definition) is 4. The van der Waals surface area contributed by atoms with Crippen LogP contribution in [0.3, 0.4) is 0 Å². The molecule has 0 radical (unpaired) electrons. The van der Waals surface area contributed by atoms with Crippen LogP contribution in [0.1, 0.15) is 4.28 Å². The van der Waals surface area contributed by atoms with Gasteiger partial charge >= 0.3 is 107 Å². The Labute approximate surface area is 157 Å². The molecule has 0 rings (SSSR count). The third-order valence-corrected chi connectivity index (χ3v) is 0.511. The normalized spacial score (nSPS) is 6.20. The molecule has 15 heavy (non-hydrogen) atoms. The number of carbonyl (C=O) groups is 3. The quantitative estimate of drug-likeness (QED) is 0.284. The predicted molar refractivity (Wildman–Crippen MR) is 40.2 cm³/mol. The van der Waals surface area contributed by atoms with Crippen molar-refractivity contribution in [3.05, 3.63) is 0 Å². The molecule has 10 heteroatoms. The minimum atomic E-state index is -1.82. The van der Waals surface area contributed by atoms with Crippen molar-refractivity contribution in [2.45, 2.75) is 0 Å². The zero-order valence-electron chi connectivity index (χ0n) is 12.3. The summed E-state index contributed by atoms with van der Waals surface area (Å²) in [5, 5.41) is 25.1. The van der Waals surface area contributed by atoms with Gasteiger partial charge in [0.25, 0.3) is 0 Å². The minimum absolute atomic E-state index is 0. The van der Waals surface area contributed by atoms with Gasteiger partial charge in [0, 0.05) is 0 Å². The van der Waals surface area contributed by atoms with Gasteiger partial charge in [-0.25, -0.2) is 9.59 Å². The van der Waals surface area contributed by atoms with Gasteiger partial charge in [0.2, 0.25) is 0 Å². The van der Waals surface area contributed by atoms with Crippen LogP contribution in [0.5, 0.6) is 0 Å². The Balaban J connectivity index is -0.0000000139. The summed E-state index contributed by atoms with van der Waals surface area (Å²) >= 11 is 0. The van der Waals surface area contributed by atoms with E-state index in [2.05, 4.69) is 5.32 Å². The zero-order valence-corrected chi connectivity index (χ0v) is 15.3. The van der Waals surface area contributed by atoms with Crippen molar-refractivity contribution in [1.82, 2.24) is 5.32 Å². The summed E-state index contributed by atoms with van der Waals surface area (Å²) in [4.78, 5) is 27.7. The maximum Gasteiger partial charge on any atom is 1.00 e. The monoisotopic (exact) mass is 251 g/mol. The van der Waals surface area contributed by atoms with Gasteiger partial charge in [0.05, 0.1) is 6.54 Å². The summed E-state index contributed by atoms with van der Waals surface area (Å²) < 4.78 is 0. The smallest absolute Gasteiger partial charge is 1.00 e. The number of hydrogen-bond acceptors (Lipinski definition) is 4. The molecule has 0 aromatic carbocycles. The van der Waals surface area contributed by atoms with Crippen LogP contribution in [-0.2, 0) is 14.4 Å². The topological polar surface area (TPSA) is 124 Å². The van der Waals surface area contributed by atoms with Crippen LogP contribution < -0.4 is 94.0 Å². The molecule has 0 atom stereocenters. The fraction of sp³-hybridized carbons (Fsp3) is 0.400. The molecule has 0 spiro atoms.